The predicted octanol–water partition coefficient (Wildman–Crippen LogP) is 3.14. The van der Waals surface area contributed by atoms with Crippen LogP contribution in [0.1, 0.15) is 16.1 Å². The van der Waals surface area contributed by atoms with Crippen LogP contribution in [0, 0.1) is 0 Å². The third-order valence-electron chi connectivity index (χ3n) is 2.37. The van der Waals surface area contributed by atoms with Gasteiger partial charge < -0.3 is 9.63 Å². The van der Waals surface area contributed by atoms with Crippen molar-refractivity contribution in [3.8, 4) is 11.3 Å². The van der Waals surface area contributed by atoms with Crippen molar-refractivity contribution in [2.75, 3.05) is 0 Å². The van der Waals surface area contributed by atoms with Gasteiger partial charge >= 0.3 is 12.1 Å². The fourth-order valence-corrected chi connectivity index (χ4v) is 1.53. The van der Waals surface area contributed by atoms with E-state index in [1.54, 1.807) is 0 Å². The average molecular weight is 271 g/mol. The van der Waals surface area contributed by atoms with Crippen LogP contribution in [0.4, 0.5) is 13.2 Å². The van der Waals surface area contributed by atoms with Gasteiger partial charge in [-0.3, -0.25) is 0 Å². The Hall–Kier alpha value is -2.31. The number of aromatic nitrogens is 1. The minimum atomic E-state index is -4.26. The molecule has 0 saturated carbocycles. The summed E-state index contributed by atoms with van der Waals surface area (Å²) in [5.74, 6) is -1.04. The summed E-state index contributed by atoms with van der Waals surface area (Å²) in [7, 11) is 0. The van der Waals surface area contributed by atoms with Gasteiger partial charge in [0.1, 0.15) is 0 Å². The molecule has 1 N–H and O–H groups in total. The molecule has 1 heterocycles. The molecule has 100 valence electrons. The fourth-order valence-electron chi connectivity index (χ4n) is 1.53. The van der Waals surface area contributed by atoms with Crippen molar-refractivity contribution in [3.63, 3.8) is 0 Å². The van der Waals surface area contributed by atoms with Crippen molar-refractivity contribution >= 4 is 5.97 Å². The molecule has 0 unspecified atom stereocenters. The molecule has 0 spiro atoms. The van der Waals surface area contributed by atoms with Gasteiger partial charge in [-0.05, 0) is 5.56 Å². The Morgan fingerprint density at radius 2 is 1.89 bits per heavy atom. The van der Waals surface area contributed by atoms with Gasteiger partial charge in [-0.25, -0.2) is 4.79 Å². The van der Waals surface area contributed by atoms with E-state index in [9.17, 15) is 18.0 Å². The van der Waals surface area contributed by atoms with Crippen LogP contribution >= 0.6 is 0 Å². The van der Waals surface area contributed by atoms with Gasteiger partial charge in [0.15, 0.2) is 11.5 Å². The highest BCUT2D eigenvalue weighted by Crippen LogP contribution is 2.24. The average Bonchev–Trinajstić information content (AvgIpc) is 2.77. The zero-order chi connectivity index (χ0) is 14.0. The maximum absolute atomic E-state index is 12.2. The highest BCUT2D eigenvalue weighted by molar-refractivity contribution is 5.86. The van der Waals surface area contributed by atoms with E-state index in [1.807, 2.05) is 0 Å². The monoisotopic (exact) mass is 271 g/mol. The molecule has 2 rings (SSSR count). The van der Waals surface area contributed by atoms with Crippen molar-refractivity contribution in [1.82, 2.24) is 5.16 Å². The lowest BCUT2D eigenvalue weighted by molar-refractivity contribution is -0.127. The van der Waals surface area contributed by atoms with E-state index in [4.69, 9.17) is 9.63 Å². The Morgan fingerprint density at radius 3 is 2.37 bits per heavy atom. The molecule has 0 aliphatic heterocycles. The predicted molar refractivity (Wildman–Crippen MR) is 58.7 cm³/mol. The van der Waals surface area contributed by atoms with Crippen LogP contribution in [0.15, 0.2) is 34.9 Å². The molecule has 1 aromatic carbocycles. The smallest absolute Gasteiger partial charge is 0.393 e. The van der Waals surface area contributed by atoms with Crippen LogP contribution in [-0.4, -0.2) is 22.4 Å². The van der Waals surface area contributed by atoms with Crippen LogP contribution in [0.3, 0.4) is 0 Å². The summed E-state index contributed by atoms with van der Waals surface area (Å²) >= 11 is 0. The number of hydrogen-bond acceptors (Lipinski definition) is 3. The van der Waals surface area contributed by atoms with Gasteiger partial charge in [-0.1, -0.05) is 29.4 Å². The van der Waals surface area contributed by atoms with E-state index >= 15 is 0 Å². The first kappa shape index (κ1) is 13.1. The Bertz CT molecular complexity index is 587. The lowest BCUT2D eigenvalue weighted by Crippen LogP contribution is -2.11. The second-order valence-electron chi connectivity index (χ2n) is 3.87. The van der Waals surface area contributed by atoms with Gasteiger partial charge in [0.2, 0.25) is 0 Å². The molecule has 0 radical (unpaired) electrons. The maximum atomic E-state index is 12.2. The van der Waals surface area contributed by atoms with Crippen LogP contribution in [0.2, 0.25) is 0 Å². The zero-order valence-corrected chi connectivity index (χ0v) is 9.44. The van der Waals surface area contributed by atoms with E-state index in [0.717, 1.165) is 0 Å². The first-order valence-corrected chi connectivity index (χ1v) is 5.21. The third kappa shape index (κ3) is 3.34. The highest BCUT2D eigenvalue weighted by Gasteiger charge is 2.27. The Labute approximate surface area is 105 Å². The van der Waals surface area contributed by atoms with Crippen LogP contribution in [0.5, 0.6) is 0 Å². The number of carbonyl (C=O) groups is 1. The first-order valence-electron chi connectivity index (χ1n) is 5.21. The van der Waals surface area contributed by atoms with E-state index < -0.39 is 18.6 Å². The second-order valence-corrected chi connectivity index (χ2v) is 3.87. The van der Waals surface area contributed by atoms with E-state index in [-0.39, 0.29) is 17.0 Å². The number of halogens is 3. The number of alkyl halides is 3. The maximum Gasteiger partial charge on any atom is 0.393 e. The van der Waals surface area contributed by atoms with E-state index in [0.29, 0.717) is 5.56 Å². The molecular formula is C12H8F3NO3. The van der Waals surface area contributed by atoms with Crippen molar-refractivity contribution in [3.05, 3.63) is 41.6 Å². The summed E-state index contributed by atoms with van der Waals surface area (Å²) in [6.45, 7) is 0. The number of carboxylic acid groups (broad SMARTS) is 1. The van der Waals surface area contributed by atoms with Crippen LogP contribution < -0.4 is 0 Å². The largest absolute Gasteiger partial charge is 0.476 e. The lowest BCUT2D eigenvalue weighted by Gasteiger charge is -2.06. The molecular weight excluding hydrogens is 263 g/mol. The molecule has 0 fully saturated rings. The quantitative estimate of drug-likeness (QED) is 0.931. The normalized spacial score (nSPS) is 11.5. The SMILES string of the molecule is O=C(O)c1cc(-c2ccc(CC(F)(F)F)cc2)on1. The molecule has 0 aliphatic carbocycles. The van der Waals surface area contributed by atoms with E-state index in [1.165, 1.54) is 30.3 Å². The molecule has 19 heavy (non-hydrogen) atoms. The van der Waals surface area contributed by atoms with Crippen molar-refractivity contribution < 1.29 is 27.6 Å². The molecule has 7 heteroatoms. The molecule has 0 amide bonds. The van der Waals surface area contributed by atoms with Gasteiger partial charge in [0.25, 0.3) is 0 Å². The molecule has 1 aromatic heterocycles. The zero-order valence-electron chi connectivity index (χ0n) is 9.44. The number of aromatic carboxylic acids is 1. The summed E-state index contributed by atoms with van der Waals surface area (Å²) in [4.78, 5) is 10.6. The number of nitrogens with zero attached hydrogens (tertiary/aromatic N) is 1. The summed E-state index contributed by atoms with van der Waals surface area (Å²) in [6, 6.07) is 6.68. The highest BCUT2D eigenvalue weighted by atomic mass is 19.4. The summed E-state index contributed by atoms with van der Waals surface area (Å²) in [5, 5.41) is 12.0. The van der Waals surface area contributed by atoms with Gasteiger partial charge in [-0.2, -0.15) is 13.2 Å². The molecule has 0 bridgehead atoms. The number of carboxylic acids is 1. The minimum Gasteiger partial charge on any atom is -0.476 e. The van der Waals surface area contributed by atoms with Gasteiger partial charge in [0, 0.05) is 11.6 Å². The number of benzene rings is 1. The molecule has 0 saturated heterocycles. The number of hydrogen-bond donors (Lipinski definition) is 1. The lowest BCUT2D eigenvalue weighted by atomic mass is 10.1. The van der Waals surface area contributed by atoms with Crippen molar-refractivity contribution in [2.45, 2.75) is 12.6 Å². The Kier molecular flexibility index (Phi) is 3.28. The standard InChI is InChI=1S/C12H8F3NO3/c13-12(14,15)6-7-1-3-8(4-2-7)10-5-9(11(17)18)16-19-10/h1-5H,6H2,(H,17,18). The van der Waals surface area contributed by atoms with Crippen LogP contribution in [0.25, 0.3) is 11.3 Å². The minimum absolute atomic E-state index is 0.120. The van der Waals surface area contributed by atoms with Crippen molar-refractivity contribution in [2.24, 2.45) is 0 Å². The summed E-state index contributed by atoms with van der Waals surface area (Å²) < 4.78 is 41.3. The molecule has 4 nitrogen and oxygen atoms in total. The molecule has 2 aromatic rings. The number of rotatable bonds is 3. The molecule has 0 aliphatic rings. The van der Waals surface area contributed by atoms with Gasteiger partial charge in [-0.15, -0.1) is 0 Å². The Morgan fingerprint density at radius 1 is 1.26 bits per heavy atom. The van der Waals surface area contributed by atoms with Gasteiger partial charge in [0.05, 0.1) is 6.42 Å². The first-order chi connectivity index (χ1) is 8.85. The second kappa shape index (κ2) is 4.75. The Balaban J connectivity index is 2.20. The third-order valence-corrected chi connectivity index (χ3v) is 2.37. The van der Waals surface area contributed by atoms with Crippen molar-refractivity contribution in [1.29, 1.82) is 0 Å². The summed E-state index contributed by atoms with van der Waals surface area (Å²) in [6.07, 6.45) is -5.27. The summed E-state index contributed by atoms with van der Waals surface area (Å²) in [5.41, 5.74) is 0.328. The van der Waals surface area contributed by atoms with Crippen LogP contribution in [-0.2, 0) is 6.42 Å². The fraction of sp³-hybridized carbons (Fsp3) is 0.167. The topological polar surface area (TPSA) is 63.3 Å². The van der Waals surface area contributed by atoms with E-state index in [2.05, 4.69) is 5.16 Å². The molecule has 0 atom stereocenters.